The molecule has 0 aromatic carbocycles. The number of carbonyl (C=O) groups excluding carboxylic acids is 1. The Kier molecular flexibility index (Phi) is 4.03. The third-order valence-electron chi connectivity index (χ3n) is 1.71. The summed E-state index contributed by atoms with van der Waals surface area (Å²) in [6.07, 6.45) is 1.53. The zero-order chi connectivity index (χ0) is 11.3. The van der Waals surface area contributed by atoms with Crippen LogP contribution in [0.2, 0.25) is 0 Å². The third-order valence-corrected chi connectivity index (χ3v) is 1.71. The van der Waals surface area contributed by atoms with Gasteiger partial charge >= 0.3 is 5.97 Å². The summed E-state index contributed by atoms with van der Waals surface area (Å²) in [6.45, 7) is 4.99. The molecule has 0 radical (unpaired) electrons. The normalized spacial score (nSPS) is 10.1. The highest BCUT2D eigenvalue weighted by Crippen LogP contribution is 2.04. The average Bonchev–Trinajstić information content (AvgIpc) is 2.25. The highest BCUT2D eigenvalue weighted by Gasteiger charge is 2.09. The molecule has 1 heterocycles. The van der Waals surface area contributed by atoms with Gasteiger partial charge in [0.15, 0.2) is 0 Å². The first-order valence-corrected chi connectivity index (χ1v) is 4.78. The molecule has 0 aliphatic carbocycles. The van der Waals surface area contributed by atoms with Crippen LogP contribution in [-0.4, -0.2) is 29.6 Å². The number of nitrogens with zero attached hydrogens (tertiary/aromatic N) is 2. The Hall–Kier alpha value is -1.65. The number of methoxy groups -OCH3 is 1. The minimum absolute atomic E-state index is 0.0752. The van der Waals surface area contributed by atoms with Gasteiger partial charge in [-0.05, 0) is 12.0 Å². The summed E-state index contributed by atoms with van der Waals surface area (Å²) in [5.41, 5.74) is 0. The molecule has 0 aliphatic rings. The molecule has 0 atom stereocenters. The van der Waals surface area contributed by atoms with Crippen molar-refractivity contribution in [1.82, 2.24) is 9.97 Å². The highest BCUT2D eigenvalue weighted by molar-refractivity contribution is 5.85. The summed E-state index contributed by atoms with van der Waals surface area (Å²) < 4.78 is 4.53. The summed E-state index contributed by atoms with van der Waals surface area (Å²) in [5.74, 6) is 0.704. The third kappa shape index (κ3) is 3.53. The lowest BCUT2D eigenvalue weighted by Crippen LogP contribution is -2.12. The summed E-state index contributed by atoms with van der Waals surface area (Å²) in [6, 6.07) is 1.72. The van der Waals surface area contributed by atoms with E-state index in [1.54, 1.807) is 6.07 Å². The number of hydrogen-bond acceptors (Lipinski definition) is 5. The average molecular weight is 209 g/mol. The summed E-state index contributed by atoms with van der Waals surface area (Å²) >= 11 is 0. The van der Waals surface area contributed by atoms with Crippen molar-refractivity contribution >= 4 is 11.8 Å². The molecular weight excluding hydrogens is 194 g/mol. The van der Waals surface area contributed by atoms with Crippen molar-refractivity contribution in [3.8, 4) is 0 Å². The first-order chi connectivity index (χ1) is 7.13. The lowest BCUT2D eigenvalue weighted by Gasteiger charge is -2.08. The van der Waals surface area contributed by atoms with Crippen LogP contribution in [0.15, 0.2) is 12.3 Å². The zero-order valence-corrected chi connectivity index (χ0v) is 9.15. The first kappa shape index (κ1) is 11.4. The fraction of sp³-hybridized carbons (Fsp3) is 0.500. The molecule has 0 bridgehead atoms. The van der Waals surface area contributed by atoms with Crippen molar-refractivity contribution in [2.24, 2.45) is 5.92 Å². The Morgan fingerprint density at radius 3 is 2.93 bits per heavy atom. The van der Waals surface area contributed by atoms with E-state index < -0.39 is 5.97 Å². The van der Waals surface area contributed by atoms with Gasteiger partial charge in [-0.1, -0.05) is 13.8 Å². The van der Waals surface area contributed by atoms with Crippen LogP contribution >= 0.6 is 0 Å². The Labute approximate surface area is 88.9 Å². The number of carbonyl (C=O) groups is 1. The molecule has 1 rings (SSSR count). The summed E-state index contributed by atoms with van der Waals surface area (Å²) in [4.78, 5) is 19.0. The van der Waals surface area contributed by atoms with Crippen molar-refractivity contribution in [3.05, 3.63) is 18.1 Å². The first-order valence-electron chi connectivity index (χ1n) is 4.78. The van der Waals surface area contributed by atoms with Gasteiger partial charge in [-0.3, -0.25) is 0 Å². The zero-order valence-electron chi connectivity index (χ0n) is 9.15. The van der Waals surface area contributed by atoms with Crippen LogP contribution in [0.1, 0.15) is 24.5 Å². The van der Waals surface area contributed by atoms with E-state index >= 15 is 0 Å². The minimum atomic E-state index is -0.525. The molecule has 0 unspecified atom stereocenters. The van der Waals surface area contributed by atoms with E-state index in [1.165, 1.54) is 13.3 Å². The molecule has 0 saturated carbocycles. The molecule has 1 N–H and O–H groups in total. The Morgan fingerprint density at radius 1 is 1.60 bits per heavy atom. The van der Waals surface area contributed by atoms with Crippen molar-refractivity contribution < 1.29 is 9.53 Å². The second-order valence-corrected chi connectivity index (χ2v) is 3.53. The summed E-state index contributed by atoms with van der Waals surface area (Å²) in [5, 5.41) is 3.10. The highest BCUT2D eigenvalue weighted by atomic mass is 16.5. The predicted octanol–water partition coefficient (Wildman–Crippen LogP) is 1.33. The molecular formula is C10H15N3O2. The van der Waals surface area contributed by atoms with Gasteiger partial charge in [-0.25, -0.2) is 14.8 Å². The Balaban J connectivity index is 2.70. The lowest BCUT2D eigenvalue weighted by molar-refractivity contribution is 0.0587. The number of nitrogens with one attached hydrogen (secondary N) is 1. The monoisotopic (exact) mass is 209 g/mol. The van der Waals surface area contributed by atoms with E-state index in [1.807, 2.05) is 0 Å². The molecule has 0 spiro atoms. The van der Waals surface area contributed by atoms with Crippen LogP contribution in [0, 0.1) is 5.92 Å². The SMILES string of the molecule is COC(=O)c1nccc(NCC(C)C)n1. The summed E-state index contributed by atoms with van der Waals surface area (Å²) in [7, 11) is 1.31. The maximum atomic E-state index is 11.1. The molecule has 5 heteroatoms. The van der Waals surface area contributed by atoms with E-state index in [0.717, 1.165) is 6.54 Å². The second kappa shape index (κ2) is 5.29. The van der Waals surface area contributed by atoms with Crippen molar-refractivity contribution in [1.29, 1.82) is 0 Å². The van der Waals surface area contributed by atoms with Gasteiger partial charge in [-0.2, -0.15) is 0 Å². The number of esters is 1. The van der Waals surface area contributed by atoms with Gasteiger partial charge in [0.25, 0.3) is 0 Å². The maximum absolute atomic E-state index is 11.1. The van der Waals surface area contributed by atoms with Crippen LogP contribution < -0.4 is 5.32 Å². The van der Waals surface area contributed by atoms with Crippen LogP contribution in [-0.2, 0) is 4.74 Å². The van der Waals surface area contributed by atoms with Crippen LogP contribution in [0.25, 0.3) is 0 Å². The maximum Gasteiger partial charge on any atom is 0.376 e. The molecule has 1 aromatic heterocycles. The molecule has 1 aromatic rings. The Bertz CT molecular complexity index is 339. The van der Waals surface area contributed by atoms with E-state index in [4.69, 9.17) is 0 Å². The molecule has 82 valence electrons. The standard InChI is InChI=1S/C10H15N3O2/c1-7(2)6-12-8-4-5-11-9(13-8)10(14)15-3/h4-5,7H,6H2,1-3H3,(H,11,12,13). The number of ether oxygens (including phenoxy) is 1. The molecule has 0 aliphatic heterocycles. The van der Waals surface area contributed by atoms with Crippen LogP contribution in [0.5, 0.6) is 0 Å². The molecule has 5 nitrogen and oxygen atoms in total. The minimum Gasteiger partial charge on any atom is -0.463 e. The fourth-order valence-electron chi connectivity index (χ4n) is 0.955. The fourth-order valence-corrected chi connectivity index (χ4v) is 0.955. The van der Waals surface area contributed by atoms with Gasteiger partial charge in [0.1, 0.15) is 5.82 Å². The topological polar surface area (TPSA) is 64.1 Å². The van der Waals surface area contributed by atoms with Crippen molar-refractivity contribution in [2.75, 3.05) is 19.0 Å². The van der Waals surface area contributed by atoms with Gasteiger partial charge in [0.2, 0.25) is 5.82 Å². The molecule has 0 fully saturated rings. The van der Waals surface area contributed by atoms with E-state index in [-0.39, 0.29) is 5.82 Å². The van der Waals surface area contributed by atoms with Crippen LogP contribution in [0.3, 0.4) is 0 Å². The quantitative estimate of drug-likeness (QED) is 0.758. The Morgan fingerprint density at radius 2 is 2.33 bits per heavy atom. The van der Waals surface area contributed by atoms with Crippen molar-refractivity contribution in [3.63, 3.8) is 0 Å². The number of hydrogen-bond donors (Lipinski definition) is 1. The van der Waals surface area contributed by atoms with Crippen molar-refractivity contribution in [2.45, 2.75) is 13.8 Å². The number of anilines is 1. The van der Waals surface area contributed by atoms with Gasteiger partial charge < -0.3 is 10.1 Å². The molecule has 15 heavy (non-hydrogen) atoms. The lowest BCUT2D eigenvalue weighted by atomic mass is 10.2. The van der Waals surface area contributed by atoms with Gasteiger partial charge in [0.05, 0.1) is 7.11 Å². The van der Waals surface area contributed by atoms with Gasteiger partial charge in [0, 0.05) is 12.7 Å². The van der Waals surface area contributed by atoms with E-state index in [2.05, 4.69) is 33.9 Å². The van der Waals surface area contributed by atoms with Gasteiger partial charge in [-0.15, -0.1) is 0 Å². The second-order valence-electron chi connectivity index (χ2n) is 3.53. The van der Waals surface area contributed by atoms with Crippen LogP contribution in [0.4, 0.5) is 5.82 Å². The van der Waals surface area contributed by atoms with E-state index in [0.29, 0.717) is 11.7 Å². The largest absolute Gasteiger partial charge is 0.463 e. The number of rotatable bonds is 4. The van der Waals surface area contributed by atoms with E-state index in [9.17, 15) is 4.79 Å². The molecule has 0 saturated heterocycles. The smallest absolute Gasteiger partial charge is 0.376 e. The molecule has 0 amide bonds. The number of aromatic nitrogens is 2. The predicted molar refractivity (Wildman–Crippen MR) is 56.7 cm³/mol.